The lowest BCUT2D eigenvalue weighted by Gasteiger charge is -2.28. The number of anilines is 2. The molecule has 3 heterocycles. The van der Waals surface area contributed by atoms with E-state index in [2.05, 4.69) is 37.3 Å². The molecule has 1 aromatic carbocycles. The van der Waals surface area contributed by atoms with E-state index >= 15 is 0 Å². The molecule has 4 rings (SSSR count). The lowest BCUT2D eigenvalue weighted by atomic mass is 10.2. The maximum absolute atomic E-state index is 9.16. The highest BCUT2D eigenvalue weighted by atomic mass is 32.2. The van der Waals surface area contributed by atoms with Crippen molar-refractivity contribution in [3.05, 3.63) is 42.2 Å². The first-order valence-electron chi connectivity index (χ1n) is 9.22. The van der Waals surface area contributed by atoms with E-state index in [0.29, 0.717) is 12.5 Å². The Labute approximate surface area is 172 Å². The summed E-state index contributed by atoms with van der Waals surface area (Å²) in [5.41, 5.74) is 2.78. The van der Waals surface area contributed by atoms with E-state index in [9.17, 15) is 0 Å². The van der Waals surface area contributed by atoms with Gasteiger partial charge in [-0.3, -0.25) is 0 Å². The van der Waals surface area contributed by atoms with Crippen molar-refractivity contribution in [2.75, 3.05) is 48.0 Å². The number of nitrogens with zero attached hydrogens (tertiary/aromatic N) is 5. The molecule has 0 bridgehead atoms. The van der Waals surface area contributed by atoms with Crippen LogP contribution in [0.3, 0.4) is 0 Å². The minimum Gasteiger partial charge on any atom is -0.395 e. The number of aliphatic hydroxyl groups excluding tert-OH is 1. The van der Waals surface area contributed by atoms with Crippen molar-refractivity contribution in [2.24, 2.45) is 0 Å². The Morgan fingerprint density at radius 3 is 2.68 bits per heavy atom. The Bertz CT molecular complexity index is 921. The first-order valence-corrected chi connectivity index (χ1v) is 11.4. The third-order valence-corrected chi connectivity index (χ3v) is 6.35. The molecule has 1 fully saturated rings. The van der Waals surface area contributed by atoms with Gasteiger partial charge in [0.25, 0.3) is 0 Å². The quantitative estimate of drug-likeness (QED) is 0.447. The zero-order valence-corrected chi connectivity index (χ0v) is 17.0. The van der Waals surface area contributed by atoms with Gasteiger partial charge in [-0.1, -0.05) is 42.1 Å². The van der Waals surface area contributed by atoms with Crippen LogP contribution in [0.25, 0.3) is 11.0 Å². The smallest absolute Gasteiger partial charge is 0.225 e. The van der Waals surface area contributed by atoms with Crippen LogP contribution in [0.2, 0.25) is 0 Å². The minimum absolute atomic E-state index is 0.0258. The van der Waals surface area contributed by atoms with Gasteiger partial charge in [-0.15, -0.1) is 0 Å². The number of hydrogen-bond donors (Lipinski definition) is 2. The van der Waals surface area contributed by atoms with E-state index in [1.165, 1.54) is 5.56 Å². The summed E-state index contributed by atoms with van der Waals surface area (Å²) in [5, 5.41) is 13.1. The van der Waals surface area contributed by atoms with Crippen LogP contribution in [0.5, 0.6) is 0 Å². The number of rotatable bonds is 7. The minimum atomic E-state index is 0.0258. The molecule has 9 heteroatoms. The van der Waals surface area contributed by atoms with Crippen molar-refractivity contribution < 1.29 is 5.11 Å². The average Bonchev–Trinajstić information content (AvgIpc) is 2.77. The van der Waals surface area contributed by atoms with E-state index < -0.39 is 0 Å². The van der Waals surface area contributed by atoms with Gasteiger partial charge in [0.1, 0.15) is 22.4 Å². The first kappa shape index (κ1) is 19.2. The summed E-state index contributed by atoms with van der Waals surface area (Å²) in [6.45, 7) is 2.30. The molecule has 2 N–H and O–H groups in total. The molecule has 28 heavy (non-hydrogen) atoms. The molecule has 1 aliphatic heterocycles. The van der Waals surface area contributed by atoms with Crippen LogP contribution < -0.4 is 10.2 Å². The number of fused-ring (bicyclic) bond motifs is 1. The van der Waals surface area contributed by atoms with Crippen molar-refractivity contribution in [1.82, 2.24) is 19.9 Å². The maximum atomic E-state index is 9.16. The van der Waals surface area contributed by atoms with E-state index in [4.69, 9.17) is 10.1 Å². The Morgan fingerprint density at radius 2 is 1.89 bits per heavy atom. The molecule has 0 saturated carbocycles. The zero-order valence-electron chi connectivity index (χ0n) is 15.4. The van der Waals surface area contributed by atoms with Crippen LogP contribution in [0.1, 0.15) is 5.56 Å². The number of nitrogens with one attached hydrogen (secondary N) is 1. The third-order valence-electron chi connectivity index (χ3n) is 4.35. The summed E-state index contributed by atoms with van der Waals surface area (Å²) >= 11 is 3.60. The van der Waals surface area contributed by atoms with Gasteiger partial charge in [-0.2, -0.15) is 16.7 Å². The molecule has 0 amide bonds. The Morgan fingerprint density at radius 1 is 1.07 bits per heavy atom. The summed E-state index contributed by atoms with van der Waals surface area (Å²) in [6, 6.07) is 10.3. The van der Waals surface area contributed by atoms with Crippen molar-refractivity contribution >= 4 is 46.3 Å². The monoisotopic (exact) mass is 414 g/mol. The molecule has 0 radical (unpaired) electrons. The molecular weight excluding hydrogens is 392 g/mol. The fourth-order valence-corrected chi connectivity index (χ4v) is 4.78. The molecule has 1 aliphatic rings. The molecule has 2 aromatic heterocycles. The molecule has 0 aliphatic carbocycles. The standard InChI is InChI=1S/C19H22N6OS2/c26-9-6-20-19-23-16-15(17(24-19)25-7-10-27-11-8-25)21-13-22-18(16)28-12-14-4-2-1-3-5-14/h1-5,13,26H,6-12H2,(H,20,23,24). The second kappa shape index (κ2) is 9.40. The largest absolute Gasteiger partial charge is 0.395 e. The summed E-state index contributed by atoms with van der Waals surface area (Å²) < 4.78 is 0. The van der Waals surface area contributed by atoms with Crippen molar-refractivity contribution in [3.63, 3.8) is 0 Å². The molecule has 0 spiro atoms. The number of hydrogen-bond acceptors (Lipinski definition) is 9. The summed E-state index contributed by atoms with van der Waals surface area (Å²) in [6.07, 6.45) is 1.60. The van der Waals surface area contributed by atoms with Gasteiger partial charge in [0, 0.05) is 36.9 Å². The Hall–Kier alpha value is -2.10. The van der Waals surface area contributed by atoms with Crippen molar-refractivity contribution in [1.29, 1.82) is 0 Å². The van der Waals surface area contributed by atoms with Gasteiger partial charge in [0.15, 0.2) is 5.82 Å². The van der Waals surface area contributed by atoms with Gasteiger partial charge < -0.3 is 15.3 Å². The van der Waals surface area contributed by atoms with Gasteiger partial charge in [-0.05, 0) is 5.56 Å². The molecule has 3 aromatic rings. The molecule has 146 valence electrons. The fourth-order valence-electron chi connectivity index (χ4n) is 2.99. The molecular formula is C19H22N6OS2. The lowest BCUT2D eigenvalue weighted by molar-refractivity contribution is 0.311. The second-order valence-corrected chi connectivity index (χ2v) is 8.46. The lowest BCUT2D eigenvalue weighted by Crippen LogP contribution is -2.33. The molecule has 0 atom stereocenters. The number of aromatic nitrogens is 4. The van der Waals surface area contributed by atoms with Crippen molar-refractivity contribution in [2.45, 2.75) is 10.8 Å². The van der Waals surface area contributed by atoms with Crippen LogP contribution >= 0.6 is 23.5 Å². The highest BCUT2D eigenvalue weighted by Crippen LogP contribution is 2.32. The SMILES string of the molecule is OCCNc1nc(N2CCSCC2)c2ncnc(SCc3ccccc3)c2n1. The summed E-state index contributed by atoms with van der Waals surface area (Å²) in [7, 11) is 0. The van der Waals surface area contributed by atoms with Crippen LogP contribution in [0, 0.1) is 0 Å². The molecule has 7 nitrogen and oxygen atoms in total. The zero-order chi connectivity index (χ0) is 19.2. The number of aliphatic hydroxyl groups is 1. The van der Waals surface area contributed by atoms with E-state index in [1.54, 1.807) is 18.1 Å². The maximum Gasteiger partial charge on any atom is 0.225 e. The molecule has 0 unspecified atom stereocenters. The van der Waals surface area contributed by atoms with E-state index in [0.717, 1.165) is 52.2 Å². The highest BCUT2D eigenvalue weighted by Gasteiger charge is 2.20. The fraction of sp³-hybridized carbons (Fsp3) is 0.368. The first-order chi connectivity index (χ1) is 13.8. The number of thioether (sulfide) groups is 2. The Kier molecular flexibility index (Phi) is 6.45. The predicted octanol–water partition coefficient (Wildman–Crippen LogP) is 2.67. The van der Waals surface area contributed by atoms with Gasteiger partial charge in [0.2, 0.25) is 5.95 Å². The van der Waals surface area contributed by atoms with Gasteiger partial charge >= 0.3 is 0 Å². The molecule has 1 saturated heterocycles. The topological polar surface area (TPSA) is 87.1 Å². The number of benzene rings is 1. The third kappa shape index (κ3) is 4.48. The van der Waals surface area contributed by atoms with Crippen LogP contribution in [-0.2, 0) is 5.75 Å². The second-order valence-electron chi connectivity index (χ2n) is 6.27. The summed E-state index contributed by atoms with van der Waals surface area (Å²) in [5.74, 6) is 4.31. The normalized spacial score (nSPS) is 14.4. The Balaban J connectivity index is 1.71. The van der Waals surface area contributed by atoms with Crippen LogP contribution in [-0.4, -0.2) is 62.8 Å². The average molecular weight is 415 g/mol. The highest BCUT2D eigenvalue weighted by molar-refractivity contribution is 7.99. The summed E-state index contributed by atoms with van der Waals surface area (Å²) in [4.78, 5) is 20.7. The van der Waals surface area contributed by atoms with Crippen LogP contribution in [0.4, 0.5) is 11.8 Å². The van der Waals surface area contributed by atoms with E-state index in [1.807, 2.05) is 30.0 Å². The van der Waals surface area contributed by atoms with Crippen molar-refractivity contribution in [3.8, 4) is 0 Å². The van der Waals surface area contributed by atoms with E-state index in [-0.39, 0.29) is 6.61 Å². The van der Waals surface area contributed by atoms with Gasteiger partial charge in [0.05, 0.1) is 6.61 Å². The van der Waals surface area contributed by atoms with Gasteiger partial charge in [-0.25, -0.2) is 15.0 Å². The van der Waals surface area contributed by atoms with Crippen LogP contribution in [0.15, 0.2) is 41.7 Å². The predicted molar refractivity (Wildman–Crippen MR) is 116 cm³/mol.